The standard InChI is InChI=1S/C30H25N3O2/c34-19-23-15-25-29-28(16-23)35-13-12-32(29)30(31-25)27-17-24-14-21(7-6-20-4-2-1-3-5-20)10-11-26(24)33(27)18-22-8-9-22/h1-7,10-11,14-17,19,22H,8-9,12-13,18H2/b7-6+. The van der Waals surface area contributed by atoms with E-state index in [1.807, 2.05) is 18.2 Å². The largest absolute Gasteiger partial charge is 0.489 e. The molecule has 0 N–H and O–H groups in total. The number of aldehydes is 1. The zero-order chi connectivity index (χ0) is 23.4. The van der Waals surface area contributed by atoms with Gasteiger partial charge in [-0.2, -0.15) is 0 Å². The van der Waals surface area contributed by atoms with Gasteiger partial charge in [0.1, 0.15) is 24.2 Å². The number of hydrogen-bond acceptors (Lipinski definition) is 3. The Balaban J connectivity index is 1.38. The van der Waals surface area contributed by atoms with Gasteiger partial charge in [-0.05, 0) is 60.2 Å². The normalized spacial score (nSPS) is 15.2. The maximum Gasteiger partial charge on any atom is 0.158 e. The van der Waals surface area contributed by atoms with Crippen LogP contribution in [0.15, 0.2) is 66.7 Å². The summed E-state index contributed by atoms with van der Waals surface area (Å²) in [5, 5.41) is 1.22. The number of carbonyl (C=O) groups excluding carboxylic acids is 1. The Morgan fingerprint density at radius 1 is 0.943 bits per heavy atom. The number of rotatable bonds is 6. The molecule has 1 aliphatic carbocycles. The third-order valence-corrected chi connectivity index (χ3v) is 7.10. The van der Waals surface area contributed by atoms with Gasteiger partial charge >= 0.3 is 0 Å². The SMILES string of the molecule is O=Cc1cc2c3c(c1)nc(-c1cc4cc(/C=C/c5ccccc5)ccc4n1CC1CC1)n3CCO2. The topological polar surface area (TPSA) is 49.0 Å². The van der Waals surface area contributed by atoms with Gasteiger partial charge in [-0.1, -0.05) is 48.6 Å². The highest BCUT2D eigenvalue weighted by Crippen LogP contribution is 2.39. The molecule has 1 saturated carbocycles. The Kier molecular flexibility index (Phi) is 4.62. The molecule has 0 saturated heterocycles. The first-order valence-corrected chi connectivity index (χ1v) is 12.3. The van der Waals surface area contributed by atoms with Crippen molar-refractivity contribution in [1.29, 1.82) is 0 Å². The van der Waals surface area contributed by atoms with Crippen LogP contribution in [-0.4, -0.2) is 27.0 Å². The number of benzene rings is 3. The van der Waals surface area contributed by atoms with E-state index in [1.165, 1.54) is 34.9 Å². The van der Waals surface area contributed by atoms with Crippen LogP contribution in [0.25, 0.3) is 45.6 Å². The third-order valence-electron chi connectivity index (χ3n) is 7.10. The fourth-order valence-electron chi connectivity index (χ4n) is 5.18. The smallest absolute Gasteiger partial charge is 0.158 e. The number of fused-ring (bicyclic) bond motifs is 1. The van der Waals surface area contributed by atoms with Gasteiger partial charge in [0.2, 0.25) is 0 Å². The summed E-state index contributed by atoms with van der Waals surface area (Å²) in [6, 6.07) is 23.0. The Labute approximate surface area is 203 Å². The van der Waals surface area contributed by atoms with Gasteiger partial charge in [-0.25, -0.2) is 4.98 Å². The Morgan fingerprint density at radius 2 is 1.80 bits per heavy atom. The van der Waals surface area contributed by atoms with Crippen molar-refractivity contribution in [3.63, 3.8) is 0 Å². The quantitative estimate of drug-likeness (QED) is 0.217. The predicted molar refractivity (Wildman–Crippen MR) is 140 cm³/mol. The molecule has 2 aliphatic rings. The van der Waals surface area contributed by atoms with Crippen molar-refractivity contribution in [2.24, 2.45) is 5.92 Å². The minimum Gasteiger partial charge on any atom is -0.489 e. The van der Waals surface area contributed by atoms with Crippen molar-refractivity contribution in [2.45, 2.75) is 25.9 Å². The lowest BCUT2D eigenvalue weighted by atomic mass is 10.1. The number of nitrogens with zero attached hydrogens (tertiary/aromatic N) is 3. The number of imidazole rings is 1. The average Bonchev–Trinajstić information content (AvgIpc) is 3.55. The van der Waals surface area contributed by atoms with E-state index in [-0.39, 0.29) is 0 Å². The zero-order valence-corrected chi connectivity index (χ0v) is 19.4. The number of carbonyl (C=O) groups is 1. The van der Waals surface area contributed by atoms with E-state index < -0.39 is 0 Å². The molecule has 0 unspecified atom stereocenters. The summed E-state index contributed by atoms with van der Waals surface area (Å²) >= 11 is 0. The lowest BCUT2D eigenvalue weighted by Gasteiger charge is -2.19. The molecule has 0 bridgehead atoms. The molecule has 1 aliphatic heterocycles. The van der Waals surface area contributed by atoms with Gasteiger partial charge in [-0.3, -0.25) is 4.79 Å². The van der Waals surface area contributed by atoms with E-state index >= 15 is 0 Å². The van der Waals surface area contributed by atoms with Gasteiger partial charge in [0.25, 0.3) is 0 Å². The first-order valence-electron chi connectivity index (χ1n) is 12.3. The second kappa shape index (κ2) is 7.98. The molecule has 5 nitrogen and oxygen atoms in total. The fraction of sp³-hybridized carbons (Fsp3) is 0.200. The summed E-state index contributed by atoms with van der Waals surface area (Å²) in [6.45, 7) is 2.32. The molecule has 35 heavy (non-hydrogen) atoms. The number of ether oxygens (including phenoxy) is 1. The van der Waals surface area contributed by atoms with E-state index in [2.05, 4.69) is 69.8 Å². The van der Waals surface area contributed by atoms with Crippen LogP contribution in [0, 0.1) is 5.92 Å². The Bertz CT molecular complexity index is 1620. The third kappa shape index (κ3) is 3.55. The average molecular weight is 460 g/mol. The van der Waals surface area contributed by atoms with Crippen molar-refractivity contribution in [2.75, 3.05) is 6.61 Å². The van der Waals surface area contributed by atoms with Crippen LogP contribution in [0.5, 0.6) is 5.75 Å². The summed E-state index contributed by atoms with van der Waals surface area (Å²) in [5.41, 5.74) is 7.13. The van der Waals surface area contributed by atoms with Crippen LogP contribution < -0.4 is 4.74 Å². The van der Waals surface area contributed by atoms with Crippen LogP contribution in [0.2, 0.25) is 0 Å². The van der Waals surface area contributed by atoms with Gasteiger partial charge in [-0.15, -0.1) is 0 Å². The number of aromatic nitrogens is 3. The summed E-state index contributed by atoms with van der Waals surface area (Å²) in [7, 11) is 0. The van der Waals surface area contributed by atoms with Gasteiger partial charge in [0.15, 0.2) is 5.82 Å². The molecule has 2 aromatic heterocycles. The molecular formula is C30H25N3O2. The summed E-state index contributed by atoms with van der Waals surface area (Å²) < 4.78 is 10.6. The minimum atomic E-state index is 0.574. The Hall–Kier alpha value is -4.12. The minimum absolute atomic E-state index is 0.574. The monoisotopic (exact) mass is 459 g/mol. The molecular weight excluding hydrogens is 434 g/mol. The molecule has 0 spiro atoms. The molecule has 7 rings (SSSR count). The summed E-state index contributed by atoms with van der Waals surface area (Å²) in [6.07, 6.45) is 7.76. The highest BCUT2D eigenvalue weighted by molar-refractivity contribution is 5.94. The van der Waals surface area contributed by atoms with E-state index in [1.54, 1.807) is 0 Å². The van der Waals surface area contributed by atoms with Gasteiger partial charge in [0.05, 0.1) is 17.8 Å². The maximum atomic E-state index is 11.5. The van der Waals surface area contributed by atoms with E-state index in [0.717, 1.165) is 53.6 Å². The molecule has 0 radical (unpaired) electrons. The van der Waals surface area contributed by atoms with Crippen LogP contribution in [0.3, 0.4) is 0 Å². The molecule has 3 heterocycles. The second-order valence-corrected chi connectivity index (χ2v) is 9.59. The first kappa shape index (κ1) is 20.3. The van der Waals surface area contributed by atoms with Gasteiger partial charge in [0, 0.05) is 23.0 Å². The maximum absolute atomic E-state index is 11.5. The molecule has 5 heteroatoms. The van der Waals surface area contributed by atoms with Crippen LogP contribution in [-0.2, 0) is 13.1 Å². The molecule has 172 valence electrons. The number of hydrogen-bond donors (Lipinski definition) is 0. The van der Waals surface area contributed by atoms with Crippen molar-refractivity contribution >= 4 is 40.4 Å². The van der Waals surface area contributed by atoms with Crippen LogP contribution >= 0.6 is 0 Å². The van der Waals surface area contributed by atoms with E-state index in [0.29, 0.717) is 12.2 Å². The highest BCUT2D eigenvalue weighted by Gasteiger charge is 2.27. The second-order valence-electron chi connectivity index (χ2n) is 9.59. The van der Waals surface area contributed by atoms with Crippen LogP contribution in [0.1, 0.15) is 34.3 Å². The first-order chi connectivity index (χ1) is 17.3. The molecule has 0 atom stereocenters. The predicted octanol–water partition coefficient (Wildman–Crippen LogP) is 6.44. The lowest BCUT2D eigenvalue weighted by molar-refractivity contribution is 0.112. The molecule has 5 aromatic rings. The molecule has 0 amide bonds. The van der Waals surface area contributed by atoms with Crippen molar-refractivity contribution < 1.29 is 9.53 Å². The van der Waals surface area contributed by atoms with Gasteiger partial charge < -0.3 is 13.9 Å². The van der Waals surface area contributed by atoms with E-state index in [4.69, 9.17) is 9.72 Å². The molecule has 3 aromatic carbocycles. The van der Waals surface area contributed by atoms with Crippen LogP contribution in [0.4, 0.5) is 0 Å². The van der Waals surface area contributed by atoms with Crippen molar-refractivity contribution in [3.8, 4) is 17.3 Å². The summed E-state index contributed by atoms with van der Waals surface area (Å²) in [5.74, 6) is 2.42. The Morgan fingerprint density at radius 3 is 2.63 bits per heavy atom. The van der Waals surface area contributed by atoms with Crippen molar-refractivity contribution in [1.82, 2.24) is 14.1 Å². The lowest BCUT2D eigenvalue weighted by Crippen LogP contribution is -2.16. The van der Waals surface area contributed by atoms with Crippen molar-refractivity contribution in [3.05, 3.63) is 83.4 Å². The fourth-order valence-corrected chi connectivity index (χ4v) is 5.18. The van der Waals surface area contributed by atoms with E-state index in [9.17, 15) is 4.79 Å². The molecule has 1 fully saturated rings. The highest BCUT2D eigenvalue weighted by atomic mass is 16.5. The zero-order valence-electron chi connectivity index (χ0n) is 19.4. The summed E-state index contributed by atoms with van der Waals surface area (Å²) in [4.78, 5) is 16.5.